The molecule has 1 aromatic rings. The molecule has 1 aliphatic rings. The van der Waals surface area contributed by atoms with E-state index in [-0.39, 0.29) is 11.7 Å². The number of hydrogen-bond donors (Lipinski definition) is 2. The summed E-state index contributed by atoms with van der Waals surface area (Å²) < 4.78 is 2.14. The van der Waals surface area contributed by atoms with E-state index >= 15 is 0 Å². The van der Waals surface area contributed by atoms with Crippen LogP contribution in [0.2, 0.25) is 0 Å². The third-order valence-electron chi connectivity index (χ3n) is 3.59. The number of carbonyl (C=O) groups excluding carboxylic acids is 2. The minimum atomic E-state index is -0.495. The van der Waals surface area contributed by atoms with Crippen LogP contribution >= 0.6 is 11.8 Å². The first-order chi connectivity index (χ1) is 10.1. The molecule has 1 fully saturated rings. The summed E-state index contributed by atoms with van der Waals surface area (Å²) in [4.78, 5) is 22.7. The second-order valence-electron chi connectivity index (χ2n) is 5.11. The molecule has 1 saturated carbocycles. The van der Waals surface area contributed by atoms with Crippen molar-refractivity contribution in [3.05, 3.63) is 5.82 Å². The molecule has 2 N–H and O–H groups in total. The normalized spacial score (nSPS) is 15.7. The van der Waals surface area contributed by atoms with Gasteiger partial charge in [-0.3, -0.25) is 10.1 Å². The van der Waals surface area contributed by atoms with Crippen molar-refractivity contribution < 1.29 is 9.59 Å². The Hall–Kier alpha value is -1.57. The number of thioether (sulfide) groups is 1. The van der Waals surface area contributed by atoms with Gasteiger partial charge in [0.05, 0.1) is 5.75 Å². The fourth-order valence-corrected chi connectivity index (χ4v) is 3.41. The fraction of sp³-hybridized carbons (Fsp3) is 0.692. The van der Waals surface area contributed by atoms with E-state index in [0.717, 1.165) is 23.8 Å². The number of aryl methyl sites for hydroxylation is 1. The van der Waals surface area contributed by atoms with Crippen molar-refractivity contribution in [2.45, 2.75) is 50.2 Å². The zero-order valence-electron chi connectivity index (χ0n) is 12.4. The van der Waals surface area contributed by atoms with Crippen molar-refractivity contribution in [3.63, 3.8) is 0 Å². The van der Waals surface area contributed by atoms with E-state index in [4.69, 9.17) is 0 Å². The largest absolute Gasteiger partial charge is 0.341 e. The molecule has 2 rings (SSSR count). The van der Waals surface area contributed by atoms with Gasteiger partial charge in [-0.1, -0.05) is 31.0 Å². The summed E-state index contributed by atoms with van der Waals surface area (Å²) >= 11 is 1.32. The number of amides is 3. The molecule has 0 unspecified atom stereocenters. The van der Waals surface area contributed by atoms with E-state index < -0.39 is 6.03 Å². The zero-order valence-corrected chi connectivity index (χ0v) is 13.2. The molecule has 0 atom stereocenters. The molecule has 1 aliphatic carbocycles. The van der Waals surface area contributed by atoms with Crippen molar-refractivity contribution in [1.82, 2.24) is 25.4 Å². The lowest BCUT2D eigenvalue weighted by molar-refractivity contribution is -0.117. The highest BCUT2D eigenvalue weighted by molar-refractivity contribution is 7.99. The highest BCUT2D eigenvalue weighted by Crippen LogP contribution is 2.32. The zero-order chi connectivity index (χ0) is 15.2. The Morgan fingerprint density at radius 3 is 2.67 bits per heavy atom. The number of hydrogen-bond acceptors (Lipinski definition) is 5. The van der Waals surface area contributed by atoms with Crippen molar-refractivity contribution >= 4 is 23.7 Å². The van der Waals surface area contributed by atoms with Crippen molar-refractivity contribution in [2.24, 2.45) is 0 Å². The molecule has 0 aromatic carbocycles. The molecule has 7 nitrogen and oxygen atoms in total. The summed E-state index contributed by atoms with van der Waals surface area (Å²) in [5.74, 6) is 0.699. The van der Waals surface area contributed by atoms with Crippen LogP contribution in [0.25, 0.3) is 0 Å². The van der Waals surface area contributed by atoms with Gasteiger partial charge < -0.3 is 9.88 Å². The number of aromatic nitrogens is 3. The number of nitrogens with zero attached hydrogens (tertiary/aromatic N) is 3. The van der Waals surface area contributed by atoms with Gasteiger partial charge in [-0.25, -0.2) is 4.79 Å². The Kier molecular flexibility index (Phi) is 5.60. The first-order valence-corrected chi connectivity index (χ1v) is 8.16. The number of nitrogens with one attached hydrogen (secondary N) is 2. The molecule has 0 spiro atoms. The summed E-state index contributed by atoms with van der Waals surface area (Å²) in [6.45, 7) is 1.94. The van der Waals surface area contributed by atoms with Crippen LogP contribution in [-0.4, -0.2) is 39.5 Å². The lowest BCUT2D eigenvalue weighted by atomic mass is 9.95. The summed E-state index contributed by atoms with van der Waals surface area (Å²) in [6.07, 6.45) is 6.01. The number of urea groups is 1. The lowest BCUT2D eigenvalue weighted by Crippen LogP contribution is -2.38. The van der Waals surface area contributed by atoms with Gasteiger partial charge >= 0.3 is 6.03 Å². The van der Waals surface area contributed by atoms with Crippen LogP contribution in [0.1, 0.15) is 44.0 Å². The Labute approximate surface area is 128 Å². The predicted octanol–water partition coefficient (Wildman–Crippen LogP) is 1.64. The van der Waals surface area contributed by atoms with Crippen LogP contribution in [0.3, 0.4) is 0 Å². The second-order valence-corrected chi connectivity index (χ2v) is 6.05. The van der Waals surface area contributed by atoms with Gasteiger partial charge in [-0.2, -0.15) is 0 Å². The summed E-state index contributed by atoms with van der Waals surface area (Å²) in [5.41, 5.74) is 0. The minimum absolute atomic E-state index is 0.151. The first kappa shape index (κ1) is 15.8. The summed E-state index contributed by atoms with van der Waals surface area (Å²) in [7, 11) is 1.47. The molecule has 21 heavy (non-hydrogen) atoms. The van der Waals surface area contributed by atoms with Gasteiger partial charge in [0.25, 0.3) is 0 Å². The average Bonchev–Trinajstić information content (AvgIpc) is 2.86. The SMILES string of the molecule is CNC(=O)NC(=O)CSc1nnc(C)n1C1CCCCC1. The predicted molar refractivity (Wildman–Crippen MR) is 80.2 cm³/mol. The second kappa shape index (κ2) is 7.44. The number of imide groups is 1. The molecule has 0 radical (unpaired) electrons. The van der Waals surface area contributed by atoms with E-state index in [1.165, 1.54) is 38.1 Å². The molecule has 0 aliphatic heterocycles. The Bertz CT molecular complexity index is 511. The molecule has 3 amide bonds. The highest BCUT2D eigenvalue weighted by atomic mass is 32.2. The molecule has 1 heterocycles. The van der Waals surface area contributed by atoms with Gasteiger partial charge in [-0.15, -0.1) is 10.2 Å². The molecule has 0 bridgehead atoms. The van der Waals surface area contributed by atoms with Crippen LogP contribution in [0, 0.1) is 6.92 Å². The molecular weight excluding hydrogens is 290 g/mol. The maximum absolute atomic E-state index is 11.6. The van der Waals surface area contributed by atoms with Crippen LogP contribution in [-0.2, 0) is 4.79 Å². The molecule has 116 valence electrons. The quantitative estimate of drug-likeness (QED) is 0.825. The standard InChI is InChI=1S/C13H21N5O2S/c1-9-16-17-13(18(9)10-6-4-3-5-7-10)21-8-11(19)15-12(20)14-2/h10H,3-8H2,1-2H3,(H2,14,15,19,20). The van der Waals surface area contributed by atoms with Crippen molar-refractivity contribution in [2.75, 3.05) is 12.8 Å². The summed E-state index contributed by atoms with van der Waals surface area (Å²) in [5, 5.41) is 13.6. The molecule has 0 saturated heterocycles. The number of carbonyl (C=O) groups is 2. The topological polar surface area (TPSA) is 88.9 Å². The van der Waals surface area contributed by atoms with Gasteiger partial charge in [-0.05, 0) is 19.8 Å². The third kappa shape index (κ3) is 4.20. The average molecular weight is 311 g/mol. The lowest BCUT2D eigenvalue weighted by Gasteiger charge is -2.24. The summed E-state index contributed by atoms with van der Waals surface area (Å²) in [6, 6.07) is -0.0659. The molecule has 8 heteroatoms. The van der Waals surface area contributed by atoms with Crippen LogP contribution < -0.4 is 10.6 Å². The monoisotopic (exact) mass is 311 g/mol. The van der Waals surface area contributed by atoms with Crippen LogP contribution in [0.5, 0.6) is 0 Å². The van der Waals surface area contributed by atoms with E-state index in [1.54, 1.807) is 0 Å². The Balaban J connectivity index is 1.97. The van der Waals surface area contributed by atoms with Gasteiger partial charge in [0.2, 0.25) is 5.91 Å². The van der Waals surface area contributed by atoms with Gasteiger partial charge in [0.15, 0.2) is 5.16 Å². The molecule has 1 aromatic heterocycles. The Morgan fingerprint density at radius 1 is 1.29 bits per heavy atom. The highest BCUT2D eigenvalue weighted by Gasteiger charge is 2.21. The third-order valence-corrected chi connectivity index (χ3v) is 4.53. The van der Waals surface area contributed by atoms with E-state index in [2.05, 4.69) is 25.4 Å². The van der Waals surface area contributed by atoms with E-state index in [9.17, 15) is 9.59 Å². The first-order valence-electron chi connectivity index (χ1n) is 7.17. The van der Waals surface area contributed by atoms with Crippen LogP contribution in [0.15, 0.2) is 5.16 Å². The molecular formula is C13H21N5O2S. The minimum Gasteiger partial charge on any atom is -0.341 e. The smallest absolute Gasteiger partial charge is 0.321 e. The van der Waals surface area contributed by atoms with Gasteiger partial charge in [0, 0.05) is 13.1 Å². The number of rotatable bonds is 4. The Morgan fingerprint density at radius 2 is 2.00 bits per heavy atom. The van der Waals surface area contributed by atoms with Crippen molar-refractivity contribution in [1.29, 1.82) is 0 Å². The maximum Gasteiger partial charge on any atom is 0.321 e. The van der Waals surface area contributed by atoms with E-state index in [1.807, 2.05) is 6.92 Å². The van der Waals surface area contributed by atoms with Crippen molar-refractivity contribution in [3.8, 4) is 0 Å². The fourth-order valence-electron chi connectivity index (χ4n) is 2.56. The van der Waals surface area contributed by atoms with E-state index in [0.29, 0.717) is 6.04 Å². The maximum atomic E-state index is 11.6. The van der Waals surface area contributed by atoms with Crippen LogP contribution in [0.4, 0.5) is 4.79 Å². The van der Waals surface area contributed by atoms with Gasteiger partial charge in [0.1, 0.15) is 5.82 Å².